The number of aromatic nitrogens is 5. The van der Waals surface area contributed by atoms with Gasteiger partial charge in [-0.1, -0.05) is 12.1 Å². The van der Waals surface area contributed by atoms with Crippen molar-refractivity contribution in [2.45, 2.75) is 26.9 Å². The molecule has 2 aromatic carbocycles. The van der Waals surface area contributed by atoms with Crippen LogP contribution in [-0.2, 0) is 13.1 Å². The number of nitrogens with zero attached hydrogens (tertiary/aromatic N) is 6. The minimum atomic E-state index is -0.317. The summed E-state index contributed by atoms with van der Waals surface area (Å²) in [7, 11) is 0. The number of amides is 1. The van der Waals surface area contributed by atoms with Gasteiger partial charge < -0.3 is 4.90 Å². The lowest BCUT2D eigenvalue weighted by molar-refractivity contribution is 0.0730. The van der Waals surface area contributed by atoms with Gasteiger partial charge in [0.15, 0.2) is 5.65 Å². The lowest BCUT2D eigenvalue weighted by atomic mass is 10.0. The van der Waals surface area contributed by atoms with E-state index in [1.54, 1.807) is 46.1 Å². The molecule has 1 amide bonds. The number of aryl methyl sites for hydroxylation is 2. The standard InChI is InChI=1S/C25H21FN6O/c1-16-11-20-13-21(24-28-29-30-32(24)23(20)12-17(16)2)15-31(14-18-3-5-22(26)6-4-18)25(33)19-7-9-27-10-8-19/h3-13H,14-15H2,1-2H3. The summed E-state index contributed by atoms with van der Waals surface area (Å²) >= 11 is 0. The van der Waals surface area contributed by atoms with Crippen LogP contribution in [-0.4, -0.2) is 35.8 Å². The zero-order valence-electron chi connectivity index (χ0n) is 18.2. The third kappa shape index (κ3) is 4.03. The largest absolute Gasteiger partial charge is 0.330 e. The molecular weight excluding hydrogens is 419 g/mol. The van der Waals surface area contributed by atoms with Crippen molar-refractivity contribution in [1.29, 1.82) is 0 Å². The van der Waals surface area contributed by atoms with Gasteiger partial charge >= 0.3 is 0 Å². The zero-order valence-corrected chi connectivity index (χ0v) is 18.2. The maximum absolute atomic E-state index is 13.4. The summed E-state index contributed by atoms with van der Waals surface area (Å²) in [5, 5.41) is 13.3. The quantitative estimate of drug-likeness (QED) is 0.408. The van der Waals surface area contributed by atoms with Crippen molar-refractivity contribution in [3.8, 4) is 0 Å². The Morgan fingerprint density at radius 2 is 1.70 bits per heavy atom. The van der Waals surface area contributed by atoms with Crippen molar-refractivity contribution in [2.75, 3.05) is 0 Å². The summed E-state index contributed by atoms with van der Waals surface area (Å²) in [5.41, 5.74) is 5.98. The molecule has 0 saturated heterocycles. The van der Waals surface area contributed by atoms with E-state index in [-0.39, 0.29) is 18.3 Å². The normalized spacial score (nSPS) is 11.2. The molecule has 0 saturated carbocycles. The van der Waals surface area contributed by atoms with Gasteiger partial charge in [0, 0.05) is 35.5 Å². The molecule has 0 aliphatic carbocycles. The molecule has 0 fully saturated rings. The molecular formula is C25H21FN6O. The van der Waals surface area contributed by atoms with Crippen molar-refractivity contribution in [3.05, 3.63) is 101 Å². The average Bonchev–Trinajstić information content (AvgIpc) is 3.32. The molecule has 33 heavy (non-hydrogen) atoms. The van der Waals surface area contributed by atoms with Crippen LogP contribution in [0.3, 0.4) is 0 Å². The number of hydrogen-bond donors (Lipinski definition) is 0. The van der Waals surface area contributed by atoms with E-state index in [1.807, 2.05) is 6.07 Å². The van der Waals surface area contributed by atoms with E-state index < -0.39 is 0 Å². The minimum Gasteiger partial charge on any atom is -0.330 e. The smallest absolute Gasteiger partial charge is 0.254 e. The van der Waals surface area contributed by atoms with Crippen molar-refractivity contribution in [1.82, 2.24) is 29.9 Å². The van der Waals surface area contributed by atoms with Gasteiger partial charge in [-0.2, -0.15) is 4.52 Å². The molecule has 0 aliphatic heterocycles. The van der Waals surface area contributed by atoms with Crippen LogP contribution >= 0.6 is 0 Å². The molecule has 0 bridgehead atoms. The Morgan fingerprint density at radius 3 is 2.45 bits per heavy atom. The first-order valence-electron chi connectivity index (χ1n) is 10.5. The fourth-order valence-electron chi connectivity index (χ4n) is 3.93. The van der Waals surface area contributed by atoms with Gasteiger partial charge in [0.1, 0.15) is 5.82 Å². The summed E-state index contributed by atoms with van der Waals surface area (Å²) in [6, 6.07) is 15.7. The van der Waals surface area contributed by atoms with Crippen LogP contribution in [0.2, 0.25) is 0 Å². The highest BCUT2D eigenvalue weighted by atomic mass is 19.1. The summed E-state index contributed by atoms with van der Waals surface area (Å²) in [5.74, 6) is -0.477. The van der Waals surface area contributed by atoms with Crippen molar-refractivity contribution < 1.29 is 9.18 Å². The van der Waals surface area contributed by atoms with Crippen LogP contribution in [0, 0.1) is 19.7 Å². The fraction of sp³-hybridized carbons (Fsp3) is 0.160. The van der Waals surface area contributed by atoms with Crippen LogP contribution in [0.5, 0.6) is 0 Å². The molecule has 0 radical (unpaired) electrons. The Bertz CT molecular complexity index is 1460. The van der Waals surface area contributed by atoms with E-state index in [9.17, 15) is 9.18 Å². The summed E-state index contributed by atoms with van der Waals surface area (Å²) in [6.45, 7) is 4.70. The molecule has 7 nitrogen and oxygen atoms in total. The second-order valence-corrected chi connectivity index (χ2v) is 8.10. The number of benzene rings is 2. The number of carbonyl (C=O) groups excluding carboxylic acids is 1. The van der Waals surface area contributed by atoms with Gasteiger partial charge in [0.2, 0.25) is 0 Å². The highest BCUT2D eigenvalue weighted by molar-refractivity contribution is 5.94. The molecule has 164 valence electrons. The first kappa shape index (κ1) is 20.7. The SMILES string of the molecule is Cc1cc2cc(CN(Cc3ccc(F)cc3)C(=O)c3ccncc3)c3nnnn3c2cc1C. The number of pyridine rings is 2. The lowest BCUT2D eigenvalue weighted by Crippen LogP contribution is -2.30. The summed E-state index contributed by atoms with van der Waals surface area (Å²) in [4.78, 5) is 19.1. The van der Waals surface area contributed by atoms with Gasteiger partial charge in [-0.25, -0.2) is 4.39 Å². The number of hydrogen-bond acceptors (Lipinski definition) is 5. The number of rotatable bonds is 5. The molecule has 0 N–H and O–H groups in total. The third-order valence-electron chi connectivity index (χ3n) is 5.82. The van der Waals surface area contributed by atoms with Crippen molar-refractivity contribution in [2.24, 2.45) is 0 Å². The zero-order chi connectivity index (χ0) is 22.9. The second kappa shape index (κ2) is 8.38. The van der Waals surface area contributed by atoms with E-state index in [2.05, 4.69) is 46.5 Å². The lowest BCUT2D eigenvalue weighted by Gasteiger charge is -2.23. The maximum atomic E-state index is 13.4. The molecule has 8 heteroatoms. The molecule has 5 rings (SSSR count). The first-order chi connectivity index (χ1) is 16.0. The topological polar surface area (TPSA) is 76.3 Å². The van der Waals surface area contributed by atoms with Gasteiger partial charge in [-0.3, -0.25) is 9.78 Å². The van der Waals surface area contributed by atoms with E-state index in [0.717, 1.165) is 33.2 Å². The maximum Gasteiger partial charge on any atom is 0.254 e. The van der Waals surface area contributed by atoms with Crippen LogP contribution in [0.1, 0.15) is 32.6 Å². The molecule has 0 spiro atoms. The predicted octanol–water partition coefficient (Wildman–Crippen LogP) is 4.27. The van der Waals surface area contributed by atoms with Gasteiger partial charge in [-0.15, -0.1) is 5.10 Å². The molecule has 0 atom stereocenters. The van der Waals surface area contributed by atoms with E-state index in [1.165, 1.54) is 12.1 Å². The van der Waals surface area contributed by atoms with Crippen LogP contribution in [0.25, 0.3) is 16.6 Å². The Labute approximate surface area is 189 Å². The summed E-state index contributed by atoms with van der Waals surface area (Å²) < 4.78 is 15.1. The highest BCUT2D eigenvalue weighted by Gasteiger charge is 2.20. The van der Waals surface area contributed by atoms with Gasteiger partial charge in [0.25, 0.3) is 5.91 Å². The third-order valence-corrected chi connectivity index (χ3v) is 5.82. The van der Waals surface area contributed by atoms with Gasteiger partial charge in [-0.05, 0) is 83.4 Å². The van der Waals surface area contributed by atoms with E-state index in [4.69, 9.17) is 0 Å². The van der Waals surface area contributed by atoms with Crippen LogP contribution in [0.15, 0.2) is 67.0 Å². The number of tetrazole rings is 1. The first-order valence-corrected chi connectivity index (χ1v) is 10.5. The monoisotopic (exact) mass is 440 g/mol. The van der Waals surface area contributed by atoms with Crippen LogP contribution in [0.4, 0.5) is 4.39 Å². The molecule has 0 unspecified atom stereocenters. The molecule has 3 aromatic heterocycles. The average molecular weight is 440 g/mol. The van der Waals surface area contributed by atoms with Crippen LogP contribution < -0.4 is 0 Å². The Morgan fingerprint density at radius 1 is 0.970 bits per heavy atom. The molecule has 3 heterocycles. The Kier molecular flexibility index (Phi) is 5.26. The predicted molar refractivity (Wildman–Crippen MR) is 122 cm³/mol. The van der Waals surface area contributed by atoms with E-state index in [0.29, 0.717) is 17.8 Å². The molecule has 0 aliphatic rings. The number of fused-ring (bicyclic) bond motifs is 3. The Balaban J connectivity index is 1.59. The fourth-order valence-corrected chi connectivity index (χ4v) is 3.93. The minimum absolute atomic E-state index is 0.160. The summed E-state index contributed by atoms with van der Waals surface area (Å²) in [6.07, 6.45) is 3.18. The molecule has 5 aromatic rings. The Hall–Kier alpha value is -4.20. The highest BCUT2D eigenvalue weighted by Crippen LogP contribution is 2.25. The second-order valence-electron chi connectivity index (χ2n) is 8.10. The van der Waals surface area contributed by atoms with Crippen molar-refractivity contribution in [3.63, 3.8) is 0 Å². The van der Waals surface area contributed by atoms with Gasteiger partial charge in [0.05, 0.1) is 12.1 Å². The number of carbonyl (C=O) groups is 1. The number of halogens is 1. The van der Waals surface area contributed by atoms with Crippen molar-refractivity contribution >= 4 is 22.5 Å². The van der Waals surface area contributed by atoms with E-state index >= 15 is 0 Å².